The average Bonchev–Trinajstić information content (AvgIpc) is 2.65. The minimum atomic E-state index is -0.247. The van der Waals surface area contributed by atoms with Crippen LogP contribution in [0.25, 0.3) is 5.69 Å². The summed E-state index contributed by atoms with van der Waals surface area (Å²) in [5, 5.41) is 8.07. The highest BCUT2D eigenvalue weighted by Gasteiger charge is 2.19. The van der Waals surface area contributed by atoms with Gasteiger partial charge in [0.1, 0.15) is 5.82 Å². The molecule has 1 unspecified atom stereocenters. The molecule has 0 bridgehead atoms. The van der Waals surface area contributed by atoms with Gasteiger partial charge in [-0.2, -0.15) is 5.10 Å². The van der Waals surface area contributed by atoms with Crippen molar-refractivity contribution in [1.82, 2.24) is 15.1 Å². The third-order valence-corrected chi connectivity index (χ3v) is 3.87. The zero-order chi connectivity index (χ0) is 14.2. The van der Waals surface area contributed by atoms with E-state index in [1.165, 1.54) is 6.07 Å². The zero-order valence-corrected chi connectivity index (χ0v) is 12.2. The molecule has 19 heavy (non-hydrogen) atoms. The van der Waals surface area contributed by atoms with Crippen LogP contribution < -0.4 is 5.32 Å². The maximum Gasteiger partial charge on any atom is 0.130 e. The number of aromatic nitrogens is 2. The van der Waals surface area contributed by atoms with E-state index in [-0.39, 0.29) is 11.9 Å². The fourth-order valence-electron chi connectivity index (χ4n) is 2.14. The van der Waals surface area contributed by atoms with Gasteiger partial charge in [0.15, 0.2) is 0 Å². The third kappa shape index (κ3) is 2.38. The van der Waals surface area contributed by atoms with Crippen molar-refractivity contribution in [3.05, 3.63) is 46.0 Å². The van der Waals surface area contributed by atoms with E-state index in [1.807, 2.05) is 26.8 Å². The summed E-state index contributed by atoms with van der Waals surface area (Å²) >= 11 is 6.16. The summed E-state index contributed by atoms with van der Waals surface area (Å²) in [5.74, 6) is -0.247. The van der Waals surface area contributed by atoms with Crippen molar-refractivity contribution in [3.63, 3.8) is 0 Å². The molecule has 2 rings (SSSR count). The topological polar surface area (TPSA) is 29.9 Å². The number of halogens is 2. The molecule has 2 aromatic rings. The molecule has 0 saturated carbocycles. The molecule has 1 atom stereocenters. The molecular weight excluding hydrogens is 265 g/mol. The molecule has 3 nitrogen and oxygen atoms in total. The molecule has 0 saturated heterocycles. The van der Waals surface area contributed by atoms with E-state index in [1.54, 1.807) is 17.8 Å². The summed E-state index contributed by atoms with van der Waals surface area (Å²) in [6, 6.07) is 4.88. The summed E-state index contributed by atoms with van der Waals surface area (Å²) in [5.41, 5.74) is 2.86. The van der Waals surface area contributed by atoms with Crippen LogP contribution in [0, 0.1) is 19.7 Å². The van der Waals surface area contributed by atoms with Crippen molar-refractivity contribution in [1.29, 1.82) is 0 Å². The van der Waals surface area contributed by atoms with Crippen molar-refractivity contribution in [2.75, 3.05) is 7.05 Å². The van der Waals surface area contributed by atoms with Crippen molar-refractivity contribution in [2.24, 2.45) is 0 Å². The first kappa shape index (κ1) is 14.0. The van der Waals surface area contributed by atoms with Crippen LogP contribution in [0.2, 0.25) is 5.02 Å². The van der Waals surface area contributed by atoms with Crippen LogP contribution in [0.3, 0.4) is 0 Å². The Bertz CT molecular complexity index is 607. The summed E-state index contributed by atoms with van der Waals surface area (Å²) in [4.78, 5) is 0. The lowest BCUT2D eigenvalue weighted by Gasteiger charge is -2.17. The highest BCUT2D eigenvalue weighted by atomic mass is 35.5. The number of benzene rings is 1. The van der Waals surface area contributed by atoms with Gasteiger partial charge in [-0.15, -0.1) is 0 Å². The average molecular weight is 282 g/mol. The molecule has 102 valence electrons. The van der Waals surface area contributed by atoms with Gasteiger partial charge in [0.25, 0.3) is 0 Å². The Balaban J connectivity index is 2.68. The highest BCUT2D eigenvalue weighted by molar-refractivity contribution is 6.31. The Labute approximate surface area is 117 Å². The van der Waals surface area contributed by atoms with Crippen molar-refractivity contribution in [3.8, 4) is 5.69 Å². The van der Waals surface area contributed by atoms with Crippen molar-refractivity contribution in [2.45, 2.75) is 26.8 Å². The lowest BCUT2D eigenvalue weighted by molar-refractivity contribution is 0.556. The van der Waals surface area contributed by atoms with Crippen LogP contribution in [0.15, 0.2) is 18.2 Å². The van der Waals surface area contributed by atoms with E-state index in [0.29, 0.717) is 16.3 Å². The van der Waals surface area contributed by atoms with Gasteiger partial charge < -0.3 is 5.32 Å². The Morgan fingerprint density at radius 3 is 2.58 bits per heavy atom. The Hall–Kier alpha value is -1.39. The van der Waals surface area contributed by atoms with Gasteiger partial charge >= 0.3 is 0 Å². The van der Waals surface area contributed by atoms with E-state index in [9.17, 15) is 4.39 Å². The molecule has 0 aliphatic heterocycles. The summed E-state index contributed by atoms with van der Waals surface area (Å²) in [7, 11) is 1.80. The Morgan fingerprint density at radius 2 is 2.05 bits per heavy atom. The number of rotatable bonds is 3. The molecule has 0 aliphatic rings. The lowest BCUT2D eigenvalue weighted by atomic mass is 10.1. The highest BCUT2D eigenvalue weighted by Crippen LogP contribution is 2.28. The Morgan fingerprint density at radius 1 is 1.37 bits per heavy atom. The fraction of sp³-hybridized carbons (Fsp3) is 0.357. The molecule has 0 fully saturated rings. The molecule has 1 aromatic carbocycles. The second-order valence-corrected chi connectivity index (χ2v) is 4.96. The number of nitrogens with one attached hydrogen (secondary N) is 1. The molecular formula is C14H17ClFN3. The predicted octanol–water partition coefficient (Wildman–Crippen LogP) is 3.56. The van der Waals surface area contributed by atoms with E-state index in [0.717, 1.165) is 11.4 Å². The van der Waals surface area contributed by atoms with Gasteiger partial charge in [-0.1, -0.05) is 17.7 Å². The maximum atomic E-state index is 14.1. The van der Waals surface area contributed by atoms with Crippen LogP contribution in [0.1, 0.15) is 29.9 Å². The number of hydrogen-bond donors (Lipinski definition) is 1. The smallest absolute Gasteiger partial charge is 0.130 e. The van der Waals surface area contributed by atoms with Crippen LogP contribution in [-0.4, -0.2) is 16.8 Å². The Kier molecular flexibility index (Phi) is 3.92. The maximum absolute atomic E-state index is 14.1. The molecule has 1 heterocycles. The van der Waals surface area contributed by atoms with E-state index < -0.39 is 0 Å². The first-order chi connectivity index (χ1) is 8.97. The third-order valence-electron chi connectivity index (χ3n) is 3.33. The van der Waals surface area contributed by atoms with E-state index in [4.69, 9.17) is 11.6 Å². The van der Waals surface area contributed by atoms with Gasteiger partial charge in [-0.05, 0) is 40.0 Å². The summed E-state index contributed by atoms with van der Waals surface area (Å²) < 4.78 is 15.8. The van der Waals surface area contributed by atoms with Gasteiger partial charge in [-0.25, -0.2) is 9.07 Å². The largest absolute Gasteiger partial charge is 0.313 e. The number of nitrogens with zero attached hydrogens (tertiary/aromatic N) is 2. The summed E-state index contributed by atoms with van der Waals surface area (Å²) in [6.07, 6.45) is 0. The predicted molar refractivity (Wildman–Crippen MR) is 75.5 cm³/mol. The van der Waals surface area contributed by atoms with Gasteiger partial charge in [0.05, 0.1) is 22.1 Å². The normalized spacial score (nSPS) is 12.7. The van der Waals surface area contributed by atoms with Crippen molar-refractivity contribution < 1.29 is 4.39 Å². The standard InChI is InChI=1S/C14H17ClFN3/c1-8(17-4)13-11(16)6-5-7-12(13)19-10(3)14(15)9(2)18-19/h5-8,17H,1-4H3. The first-order valence-electron chi connectivity index (χ1n) is 6.15. The number of aryl methyl sites for hydroxylation is 1. The van der Waals surface area contributed by atoms with E-state index >= 15 is 0 Å². The van der Waals surface area contributed by atoms with Crippen molar-refractivity contribution >= 4 is 11.6 Å². The molecule has 0 radical (unpaired) electrons. The molecule has 0 aliphatic carbocycles. The second-order valence-electron chi connectivity index (χ2n) is 4.58. The zero-order valence-electron chi connectivity index (χ0n) is 11.5. The van der Waals surface area contributed by atoms with Crippen LogP contribution in [-0.2, 0) is 0 Å². The fourth-order valence-corrected chi connectivity index (χ4v) is 2.26. The molecule has 0 amide bonds. The minimum Gasteiger partial charge on any atom is -0.313 e. The lowest BCUT2D eigenvalue weighted by Crippen LogP contribution is -2.17. The second kappa shape index (κ2) is 5.31. The van der Waals surface area contributed by atoms with Gasteiger partial charge in [0, 0.05) is 11.6 Å². The molecule has 1 aromatic heterocycles. The first-order valence-corrected chi connectivity index (χ1v) is 6.53. The van der Waals surface area contributed by atoms with Gasteiger partial charge in [0.2, 0.25) is 0 Å². The quantitative estimate of drug-likeness (QED) is 0.932. The SMILES string of the molecule is CNC(C)c1c(F)cccc1-n1nc(C)c(Cl)c1C. The van der Waals surface area contributed by atoms with Crippen LogP contribution in [0.5, 0.6) is 0 Å². The minimum absolute atomic E-state index is 0.112. The monoisotopic (exact) mass is 281 g/mol. The summed E-state index contributed by atoms with van der Waals surface area (Å²) in [6.45, 7) is 5.63. The molecule has 0 spiro atoms. The van der Waals surface area contributed by atoms with Gasteiger partial charge in [-0.3, -0.25) is 0 Å². The van der Waals surface area contributed by atoms with Crippen LogP contribution >= 0.6 is 11.6 Å². The van der Waals surface area contributed by atoms with Crippen LogP contribution in [0.4, 0.5) is 4.39 Å². The molecule has 1 N–H and O–H groups in total. The number of hydrogen-bond acceptors (Lipinski definition) is 2. The van der Waals surface area contributed by atoms with E-state index in [2.05, 4.69) is 10.4 Å². The molecule has 5 heteroatoms.